The molecule has 25 heavy (non-hydrogen) atoms. The van der Waals surface area contributed by atoms with Crippen molar-refractivity contribution in [2.45, 2.75) is 13.8 Å². The van der Waals surface area contributed by atoms with Crippen molar-refractivity contribution in [1.29, 1.82) is 0 Å². The largest absolute Gasteiger partial charge is 0.0992 e. The summed E-state index contributed by atoms with van der Waals surface area (Å²) < 4.78 is 0. The molecule has 2 heteroatoms. The number of rotatable bonds is 5. The second-order valence-electron chi connectivity index (χ2n) is 6.55. The average Bonchev–Trinajstić information content (AvgIpc) is 3.09. The van der Waals surface area contributed by atoms with Crippen LogP contribution in [-0.2, 0) is 11.8 Å². The lowest BCUT2D eigenvalue weighted by Gasteiger charge is -2.31. The highest BCUT2D eigenvalue weighted by atomic mass is 32.4. The average molecular weight is 362 g/mol. The first kappa shape index (κ1) is 17.9. The Hall–Kier alpha value is -1.95. The van der Waals surface area contributed by atoms with Gasteiger partial charge in [0.1, 0.15) is 0 Å². The maximum Gasteiger partial charge on any atom is 0.0350 e. The summed E-state index contributed by atoms with van der Waals surface area (Å²) in [6.07, 6.45) is 4.41. The van der Waals surface area contributed by atoms with Gasteiger partial charge < -0.3 is 0 Å². The molecule has 1 aliphatic rings. The summed E-state index contributed by atoms with van der Waals surface area (Å²) in [5.74, 6) is 0.156. The van der Waals surface area contributed by atoms with Gasteiger partial charge in [-0.25, -0.2) is 0 Å². The standard InChI is InChI=1S/C23H23PS/c1-17(2)21-15-16-22(23(21)18(3)4)24(25,19-11-7-5-8-12-19)20-13-9-6-10-14-20/h5-16,23H,1,3H2,2,4H3. The minimum Gasteiger partial charge on any atom is -0.0992 e. The van der Waals surface area contributed by atoms with Gasteiger partial charge in [-0.3, -0.25) is 0 Å². The topological polar surface area (TPSA) is 0 Å². The third-order valence-corrected chi connectivity index (χ3v) is 9.71. The zero-order valence-electron chi connectivity index (χ0n) is 14.8. The fourth-order valence-electron chi connectivity index (χ4n) is 3.44. The van der Waals surface area contributed by atoms with Gasteiger partial charge in [0.25, 0.3) is 0 Å². The van der Waals surface area contributed by atoms with Crippen molar-refractivity contribution < 1.29 is 0 Å². The summed E-state index contributed by atoms with van der Waals surface area (Å²) >= 11 is 6.47. The molecule has 3 rings (SSSR count). The number of hydrogen-bond acceptors (Lipinski definition) is 1. The molecule has 1 aliphatic carbocycles. The smallest absolute Gasteiger partial charge is 0.0350 e. The second kappa shape index (κ2) is 7.12. The summed E-state index contributed by atoms with van der Waals surface area (Å²) in [6.45, 7) is 12.6. The first-order valence-electron chi connectivity index (χ1n) is 8.41. The molecule has 0 spiro atoms. The van der Waals surface area contributed by atoms with E-state index in [1.807, 2.05) is 12.1 Å². The molecular weight excluding hydrogens is 339 g/mol. The molecule has 0 aliphatic heterocycles. The third kappa shape index (κ3) is 3.15. The van der Waals surface area contributed by atoms with Crippen molar-refractivity contribution in [1.82, 2.24) is 0 Å². The van der Waals surface area contributed by atoms with Gasteiger partial charge in [-0.05, 0) is 35.3 Å². The van der Waals surface area contributed by atoms with Crippen LogP contribution in [0.3, 0.4) is 0 Å². The minimum absolute atomic E-state index is 0.156. The normalized spacial score (nSPS) is 17.0. The van der Waals surface area contributed by atoms with Crippen molar-refractivity contribution in [3.8, 4) is 0 Å². The second-order valence-corrected chi connectivity index (χ2v) is 11.0. The van der Waals surface area contributed by atoms with Crippen LogP contribution in [0.15, 0.2) is 108 Å². The number of benzene rings is 2. The van der Waals surface area contributed by atoms with E-state index in [0.717, 1.165) is 11.1 Å². The van der Waals surface area contributed by atoms with E-state index >= 15 is 0 Å². The fraction of sp³-hybridized carbons (Fsp3) is 0.130. The van der Waals surface area contributed by atoms with Crippen molar-refractivity contribution in [3.63, 3.8) is 0 Å². The Morgan fingerprint density at radius 2 is 1.32 bits per heavy atom. The maximum absolute atomic E-state index is 6.47. The molecule has 126 valence electrons. The van der Waals surface area contributed by atoms with E-state index in [1.165, 1.54) is 21.5 Å². The molecule has 0 saturated heterocycles. The highest BCUT2D eigenvalue weighted by Crippen LogP contribution is 2.59. The number of hydrogen-bond donors (Lipinski definition) is 0. The van der Waals surface area contributed by atoms with E-state index < -0.39 is 6.04 Å². The van der Waals surface area contributed by atoms with E-state index in [9.17, 15) is 0 Å². The van der Waals surface area contributed by atoms with E-state index in [-0.39, 0.29) is 5.92 Å². The molecule has 2 aromatic rings. The van der Waals surface area contributed by atoms with Crippen LogP contribution < -0.4 is 10.6 Å². The fourth-order valence-corrected chi connectivity index (χ4v) is 7.76. The van der Waals surface area contributed by atoms with Gasteiger partial charge in [0.2, 0.25) is 0 Å². The molecule has 0 N–H and O–H groups in total. The van der Waals surface area contributed by atoms with Crippen LogP contribution in [0, 0.1) is 5.92 Å². The van der Waals surface area contributed by atoms with E-state index in [1.54, 1.807) is 0 Å². The Kier molecular flexibility index (Phi) is 5.08. The quantitative estimate of drug-likeness (QED) is 0.485. The van der Waals surface area contributed by atoms with Crippen LogP contribution in [0.2, 0.25) is 0 Å². The van der Waals surface area contributed by atoms with Gasteiger partial charge in [0, 0.05) is 12.0 Å². The van der Waals surface area contributed by atoms with Crippen LogP contribution in [-0.4, -0.2) is 0 Å². The first-order chi connectivity index (χ1) is 12.0. The molecule has 0 saturated carbocycles. The third-order valence-electron chi connectivity index (χ3n) is 4.63. The lowest BCUT2D eigenvalue weighted by Crippen LogP contribution is -2.21. The van der Waals surface area contributed by atoms with Crippen LogP contribution in [0.25, 0.3) is 0 Å². The molecule has 0 fully saturated rings. The van der Waals surface area contributed by atoms with E-state index in [0.29, 0.717) is 0 Å². The molecule has 1 atom stereocenters. The van der Waals surface area contributed by atoms with E-state index in [2.05, 4.69) is 87.7 Å². The van der Waals surface area contributed by atoms with E-state index in [4.69, 9.17) is 11.8 Å². The minimum atomic E-state index is -2.12. The predicted octanol–water partition coefficient (Wildman–Crippen LogP) is 5.71. The summed E-state index contributed by atoms with van der Waals surface area (Å²) in [5, 5.41) is 3.75. The summed E-state index contributed by atoms with van der Waals surface area (Å²) in [5.41, 5.74) is 3.45. The maximum atomic E-state index is 6.47. The van der Waals surface area contributed by atoms with Crippen LogP contribution >= 0.6 is 6.04 Å². The monoisotopic (exact) mass is 362 g/mol. The first-order valence-corrected chi connectivity index (χ1v) is 11.2. The van der Waals surface area contributed by atoms with Gasteiger partial charge in [-0.2, -0.15) is 0 Å². The molecule has 2 aromatic carbocycles. The van der Waals surface area contributed by atoms with Crippen LogP contribution in [0.5, 0.6) is 0 Å². The molecule has 0 heterocycles. The lowest BCUT2D eigenvalue weighted by molar-refractivity contribution is 0.909. The zero-order chi connectivity index (χ0) is 18.0. The number of allylic oxidation sites excluding steroid dienone is 6. The molecule has 0 aromatic heterocycles. The molecular formula is C23H23PS. The SMILES string of the molecule is C=C(C)C1=CC=C(P(=S)(c2ccccc2)c2ccccc2)C1C(=C)C. The molecule has 0 bridgehead atoms. The van der Waals surface area contributed by atoms with Gasteiger partial charge >= 0.3 is 0 Å². The van der Waals surface area contributed by atoms with Gasteiger partial charge in [0.05, 0.1) is 0 Å². The van der Waals surface area contributed by atoms with Gasteiger partial charge in [-0.1, -0.05) is 109 Å². The van der Waals surface area contributed by atoms with Crippen molar-refractivity contribution in [3.05, 3.63) is 108 Å². The Morgan fingerprint density at radius 3 is 1.72 bits per heavy atom. The zero-order valence-corrected chi connectivity index (χ0v) is 16.5. The lowest BCUT2D eigenvalue weighted by atomic mass is 9.92. The Labute approximate surface area is 156 Å². The van der Waals surface area contributed by atoms with Crippen molar-refractivity contribution in [2.75, 3.05) is 0 Å². The Bertz CT molecular complexity index is 874. The van der Waals surface area contributed by atoms with Crippen LogP contribution in [0.1, 0.15) is 13.8 Å². The molecule has 0 radical (unpaired) electrons. The van der Waals surface area contributed by atoms with Gasteiger partial charge in [0.15, 0.2) is 0 Å². The molecule has 0 amide bonds. The van der Waals surface area contributed by atoms with Crippen molar-refractivity contribution in [2.24, 2.45) is 5.92 Å². The Balaban J connectivity index is 2.23. The summed E-state index contributed by atoms with van der Waals surface area (Å²) in [4.78, 5) is 0. The van der Waals surface area contributed by atoms with Crippen LogP contribution in [0.4, 0.5) is 0 Å². The summed E-state index contributed by atoms with van der Waals surface area (Å²) in [6, 6.07) is 19.0. The molecule has 1 unspecified atom stereocenters. The summed E-state index contributed by atoms with van der Waals surface area (Å²) in [7, 11) is 0. The predicted molar refractivity (Wildman–Crippen MR) is 116 cm³/mol. The highest BCUT2D eigenvalue weighted by molar-refractivity contribution is 8.24. The Morgan fingerprint density at radius 1 is 0.840 bits per heavy atom. The van der Waals surface area contributed by atoms with Crippen molar-refractivity contribution >= 4 is 28.5 Å². The van der Waals surface area contributed by atoms with Gasteiger partial charge in [-0.15, -0.1) is 0 Å². The molecule has 0 nitrogen and oxygen atoms in total. The highest BCUT2D eigenvalue weighted by Gasteiger charge is 2.36.